The number of amides is 2. The van der Waals surface area contributed by atoms with Gasteiger partial charge >= 0.3 is 0 Å². The first-order chi connectivity index (χ1) is 15.8. The van der Waals surface area contributed by atoms with Crippen LogP contribution in [0.15, 0.2) is 71.8 Å². The van der Waals surface area contributed by atoms with Gasteiger partial charge in [-0.1, -0.05) is 35.3 Å². The molecule has 2 N–H and O–H groups in total. The lowest BCUT2D eigenvalue weighted by atomic mass is 10.2. The lowest BCUT2D eigenvalue weighted by Crippen LogP contribution is -2.21. The van der Waals surface area contributed by atoms with Crippen LogP contribution in [0.4, 0.5) is 11.4 Å². The third-order valence-electron chi connectivity index (χ3n) is 4.19. The number of hydrogen-bond acceptors (Lipinski definition) is 6. The van der Waals surface area contributed by atoms with Gasteiger partial charge in [-0.2, -0.15) is 5.10 Å². The molecule has 0 heterocycles. The van der Waals surface area contributed by atoms with Crippen LogP contribution in [0.2, 0.25) is 10.0 Å². The summed E-state index contributed by atoms with van der Waals surface area (Å²) < 4.78 is 5.56. The smallest absolute Gasteiger partial charge is 0.271 e. The third-order valence-corrected chi connectivity index (χ3v) is 4.75. The molecule has 0 saturated carbocycles. The van der Waals surface area contributed by atoms with Gasteiger partial charge in [-0.05, 0) is 42.5 Å². The van der Waals surface area contributed by atoms with Crippen LogP contribution in [0.3, 0.4) is 0 Å². The highest BCUT2D eigenvalue weighted by molar-refractivity contribution is 6.33. The number of carbonyl (C=O) groups excluding carboxylic acids is 2. The molecule has 0 aliphatic heterocycles. The number of carbonyl (C=O) groups is 2. The van der Waals surface area contributed by atoms with Gasteiger partial charge in [-0.15, -0.1) is 0 Å². The minimum Gasteiger partial charge on any atom is -0.483 e. The molecule has 0 saturated heterocycles. The van der Waals surface area contributed by atoms with Crippen LogP contribution in [-0.4, -0.2) is 29.6 Å². The van der Waals surface area contributed by atoms with E-state index in [1.807, 2.05) is 0 Å². The maximum absolute atomic E-state index is 12.2. The molecule has 0 spiro atoms. The maximum atomic E-state index is 12.2. The van der Waals surface area contributed by atoms with E-state index in [0.717, 1.165) is 0 Å². The van der Waals surface area contributed by atoms with Gasteiger partial charge < -0.3 is 10.1 Å². The van der Waals surface area contributed by atoms with Crippen LogP contribution in [-0.2, 0) is 4.79 Å². The number of non-ortho nitro benzene ring substituents is 1. The average molecular weight is 487 g/mol. The summed E-state index contributed by atoms with van der Waals surface area (Å²) in [5, 5.41) is 18.0. The summed E-state index contributed by atoms with van der Waals surface area (Å²) in [6, 6.07) is 16.5. The van der Waals surface area contributed by atoms with Crippen molar-refractivity contribution in [1.29, 1.82) is 0 Å². The Morgan fingerprint density at radius 2 is 1.79 bits per heavy atom. The molecule has 168 valence electrons. The number of rotatable bonds is 8. The van der Waals surface area contributed by atoms with Gasteiger partial charge in [0.05, 0.1) is 21.8 Å². The van der Waals surface area contributed by atoms with Gasteiger partial charge in [-0.3, -0.25) is 19.7 Å². The second kappa shape index (κ2) is 11.1. The molecule has 0 atom stereocenters. The third kappa shape index (κ3) is 6.76. The van der Waals surface area contributed by atoms with Gasteiger partial charge in [-0.25, -0.2) is 5.43 Å². The zero-order valence-corrected chi connectivity index (χ0v) is 18.3. The molecule has 3 rings (SSSR count). The molecule has 3 aromatic carbocycles. The number of hydrazone groups is 1. The average Bonchev–Trinajstić information content (AvgIpc) is 2.80. The van der Waals surface area contributed by atoms with E-state index < -0.39 is 16.7 Å². The highest BCUT2D eigenvalue weighted by Crippen LogP contribution is 2.23. The SMILES string of the molecule is O=C(COc1ccc(Cl)cc1/C=N/NC(=O)c1ccc([N+](=O)[O-])cc1)Nc1ccccc1Cl. The van der Waals surface area contributed by atoms with Crippen molar-refractivity contribution in [3.63, 3.8) is 0 Å². The highest BCUT2D eigenvalue weighted by Gasteiger charge is 2.11. The van der Waals surface area contributed by atoms with E-state index in [-0.39, 0.29) is 17.9 Å². The lowest BCUT2D eigenvalue weighted by molar-refractivity contribution is -0.384. The lowest BCUT2D eigenvalue weighted by Gasteiger charge is -2.10. The van der Waals surface area contributed by atoms with Crippen LogP contribution < -0.4 is 15.5 Å². The zero-order chi connectivity index (χ0) is 23.8. The Kier molecular flexibility index (Phi) is 7.96. The van der Waals surface area contributed by atoms with Gasteiger partial charge in [0.15, 0.2) is 6.61 Å². The molecule has 11 heteroatoms. The fourth-order valence-corrected chi connectivity index (χ4v) is 2.97. The Hall–Kier alpha value is -3.95. The zero-order valence-electron chi connectivity index (χ0n) is 16.8. The van der Waals surface area contributed by atoms with Gasteiger partial charge in [0.2, 0.25) is 0 Å². The fraction of sp³-hybridized carbons (Fsp3) is 0.0455. The van der Waals surface area contributed by atoms with E-state index in [1.54, 1.807) is 42.5 Å². The van der Waals surface area contributed by atoms with Crippen molar-refractivity contribution in [3.05, 3.63) is 98.0 Å². The molecule has 0 bridgehead atoms. The number of para-hydroxylation sites is 1. The monoisotopic (exact) mass is 486 g/mol. The van der Waals surface area contributed by atoms with Crippen molar-refractivity contribution in [2.75, 3.05) is 11.9 Å². The van der Waals surface area contributed by atoms with Crippen LogP contribution in [0.5, 0.6) is 5.75 Å². The van der Waals surface area contributed by atoms with Gasteiger partial charge in [0, 0.05) is 28.3 Å². The van der Waals surface area contributed by atoms with Crippen LogP contribution in [0.25, 0.3) is 0 Å². The first-order valence-corrected chi connectivity index (χ1v) is 10.1. The predicted molar refractivity (Wildman–Crippen MR) is 125 cm³/mol. The summed E-state index contributed by atoms with van der Waals surface area (Å²) in [6.45, 7) is -0.303. The molecule has 2 amide bonds. The minimum atomic E-state index is -0.565. The summed E-state index contributed by atoms with van der Waals surface area (Å²) >= 11 is 12.1. The number of nitro benzene ring substituents is 1. The van der Waals surface area contributed by atoms with Crippen LogP contribution in [0, 0.1) is 10.1 Å². The summed E-state index contributed by atoms with van der Waals surface area (Å²) in [4.78, 5) is 34.5. The largest absolute Gasteiger partial charge is 0.483 e. The fourth-order valence-electron chi connectivity index (χ4n) is 2.60. The summed E-state index contributed by atoms with van der Waals surface area (Å²) in [5.74, 6) is -0.681. The van der Waals surface area contributed by atoms with E-state index in [1.165, 1.54) is 30.5 Å². The van der Waals surface area contributed by atoms with Crippen molar-refractivity contribution in [2.24, 2.45) is 5.10 Å². The molecule has 0 radical (unpaired) electrons. The van der Waals surface area contributed by atoms with E-state index in [2.05, 4.69) is 15.8 Å². The second-order valence-corrected chi connectivity index (χ2v) is 7.35. The quantitative estimate of drug-likeness (QED) is 0.271. The first-order valence-electron chi connectivity index (χ1n) is 9.38. The molecule has 0 fully saturated rings. The van der Waals surface area contributed by atoms with E-state index in [4.69, 9.17) is 27.9 Å². The standard InChI is InChI=1S/C22H16Cl2N4O5/c23-16-7-10-20(33-13-21(29)26-19-4-2-1-3-18(19)24)15(11-16)12-25-27-22(30)14-5-8-17(9-6-14)28(31)32/h1-12H,13H2,(H,26,29)(H,27,30)/b25-12+. The molecule has 0 aliphatic rings. The number of nitrogens with zero attached hydrogens (tertiary/aromatic N) is 2. The van der Waals surface area contributed by atoms with Crippen LogP contribution in [0.1, 0.15) is 15.9 Å². The van der Waals surface area contributed by atoms with Crippen molar-refractivity contribution < 1.29 is 19.2 Å². The van der Waals surface area contributed by atoms with Crippen molar-refractivity contribution in [3.8, 4) is 5.75 Å². The summed E-state index contributed by atoms with van der Waals surface area (Å²) in [7, 11) is 0. The molecular formula is C22H16Cl2N4O5. The molecule has 0 aromatic heterocycles. The van der Waals surface area contributed by atoms with Crippen molar-refractivity contribution >= 4 is 52.6 Å². The molecule has 0 unspecified atom stereocenters. The second-order valence-electron chi connectivity index (χ2n) is 6.50. The number of nitrogens with one attached hydrogen (secondary N) is 2. The van der Waals surface area contributed by atoms with Crippen LogP contribution >= 0.6 is 23.2 Å². The number of nitro groups is 1. The number of halogens is 2. The number of ether oxygens (including phenoxy) is 1. The number of benzene rings is 3. The molecular weight excluding hydrogens is 471 g/mol. The molecule has 9 nitrogen and oxygen atoms in total. The molecule has 33 heavy (non-hydrogen) atoms. The van der Waals surface area contributed by atoms with Gasteiger partial charge in [0.1, 0.15) is 5.75 Å². The van der Waals surface area contributed by atoms with E-state index >= 15 is 0 Å². The summed E-state index contributed by atoms with van der Waals surface area (Å²) in [6.07, 6.45) is 1.30. The predicted octanol–water partition coefficient (Wildman–Crippen LogP) is 4.68. The normalized spacial score (nSPS) is 10.6. The Bertz CT molecular complexity index is 1220. The molecule has 0 aliphatic carbocycles. The van der Waals surface area contributed by atoms with Gasteiger partial charge in [0.25, 0.3) is 17.5 Å². The Labute approximate surface area is 198 Å². The topological polar surface area (TPSA) is 123 Å². The minimum absolute atomic E-state index is 0.130. The maximum Gasteiger partial charge on any atom is 0.271 e. The summed E-state index contributed by atoms with van der Waals surface area (Å²) in [5.41, 5.74) is 3.25. The Balaban J connectivity index is 1.62. The Morgan fingerprint density at radius 3 is 2.48 bits per heavy atom. The van der Waals surface area contributed by atoms with Crippen molar-refractivity contribution in [1.82, 2.24) is 5.43 Å². The first kappa shape index (κ1) is 23.7. The number of hydrogen-bond donors (Lipinski definition) is 2. The van der Waals surface area contributed by atoms with E-state index in [0.29, 0.717) is 27.0 Å². The van der Waals surface area contributed by atoms with E-state index in [9.17, 15) is 19.7 Å². The van der Waals surface area contributed by atoms with Crippen molar-refractivity contribution in [2.45, 2.75) is 0 Å². The number of anilines is 1. The highest BCUT2D eigenvalue weighted by atomic mass is 35.5. The Morgan fingerprint density at radius 1 is 1.06 bits per heavy atom. The molecule has 3 aromatic rings.